The van der Waals surface area contributed by atoms with Gasteiger partial charge in [0.15, 0.2) is 11.6 Å². The van der Waals surface area contributed by atoms with Gasteiger partial charge in [-0.15, -0.1) is 0 Å². The molecule has 1 saturated heterocycles. The number of amides is 1. The van der Waals surface area contributed by atoms with Crippen LogP contribution in [0.25, 0.3) is 0 Å². The van der Waals surface area contributed by atoms with E-state index in [1.54, 1.807) is 24.5 Å². The number of nitrogens with zero attached hydrogens (tertiary/aromatic N) is 2. The van der Waals surface area contributed by atoms with Crippen LogP contribution in [-0.4, -0.2) is 41.2 Å². The first-order valence-electron chi connectivity index (χ1n) is 9.54. The molecular formula is C21H27FN4O3. The number of hydrogen-bond acceptors (Lipinski definition) is 6. The van der Waals surface area contributed by atoms with E-state index in [1.807, 2.05) is 20.8 Å². The van der Waals surface area contributed by atoms with E-state index in [0.717, 1.165) is 18.7 Å². The fourth-order valence-electron chi connectivity index (χ4n) is 3.07. The number of nitrogens with one attached hydrogen (secondary N) is 1. The maximum atomic E-state index is 14.0. The summed E-state index contributed by atoms with van der Waals surface area (Å²) in [5.41, 5.74) is 6.29. The number of nitrogen functional groups attached to an aromatic ring is 1. The van der Waals surface area contributed by atoms with Crippen molar-refractivity contribution in [1.29, 1.82) is 0 Å². The molecule has 0 radical (unpaired) electrons. The molecule has 7 nitrogen and oxygen atoms in total. The second kappa shape index (κ2) is 8.65. The molecule has 1 aromatic carbocycles. The van der Waals surface area contributed by atoms with Crippen molar-refractivity contribution in [3.05, 3.63) is 48.0 Å². The van der Waals surface area contributed by atoms with E-state index in [2.05, 4.69) is 15.2 Å². The summed E-state index contributed by atoms with van der Waals surface area (Å²) in [5, 5.41) is 2.80. The quantitative estimate of drug-likeness (QED) is 0.718. The third-order valence-electron chi connectivity index (χ3n) is 4.40. The van der Waals surface area contributed by atoms with Gasteiger partial charge in [0, 0.05) is 61.8 Å². The van der Waals surface area contributed by atoms with Crippen molar-refractivity contribution < 1.29 is 18.7 Å². The van der Waals surface area contributed by atoms with Crippen LogP contribution in [0.2, 0.25) is 0 Å². The second-order valence-corrected chi connectivity index (χ2v) is 8.22. The summed E-state index contributed by atoms with van der Waals surface area (Å²) in [6.45, 7) is 8.37. The van der Waals surface area contributed by atoms with E-state index in [9.17, 15) is 9.18 Å². The zero-order chi connectivity index (χ0) is 21.0. The predicted octanol–water partition coefficient (Wildman–Crippen LogP) is 3.55. The smallest absolute Gasteiger partial charge is 0.407 e. The molecule has 29 heavy (non-hydrogen) atoms. The summed E-state index contributed by atoms with van der Waals surface area (Å²) < 4.78 is 25.0. The zero-order valence-corrected chi connectivity index (χ0v) is 16.9. The van der Waals surface area contributed by atoms with Crippen molar-refractivity contribution >= 4 is 11.8 Å². The topological polar surface area (TPSA) is 89.7 Å². The van der Waals surface area contributed by atoms with Crippen molar-refractivity contribution in [2.45, 2.75) is 32.9 Å². The first kappa shape index (κ1) is 20.9. The lowest BCUT2D eigenvalue weighted by atomic mass is 9.99. The predicted molar refractivity (Wildman–Crippen MR) is 108 cm³/mol. The molecule has 3 rings (SSSR count). The Balaban J connectivity index is 1.50. The molecule has 1 aliphatic heterocycles. The third-order valence-corrected chi connectivity index (χ3v) is 4.40. The van der Waals surface area contributed by atoms with E-state index in [-0.39, 0.29) is 5.75 Å². The van der Waals surface area contributed by atoms with Gasteiger partial charge < -0.3 is 20.5 Å². The Hall–Kier alpha value is -2.87. The molecular weight excluding hydrogens is 375 g/mol. The minimum Gasteiger partial charge on any atom is -0.454 e. The zero-order valence-electron chi connectivity index (χ0n) is 16.9. The fraction of sp³-hybridized carbons (Fsp3) is 0.429. The monoisotopic (exact) mass is 402 g/mol. The van der Waals surface area contributed by atoms with Crippen LogP contribution in [0.3, 0.4) is 0 Å². The average Bonchev–Trinajstić information content (AvgIpc) is 2.59. The van der Waals surface area contributed by atoms with Gasteiger partial charge in [0.05, 0.1) is 0 Å². The molecule has 156 valence electrons. The molecule has 0 unspecified atom stereocenters. The normalized spacial score (nSPS) is 14.9. The molecule has 3 N–H and O–H groups in total. The van der Waals surface area contributed by atoms with Crippen LogP contribution in [0.5, 0.6) is 11.5 Å². The van der Waals surface area contributed by atoms with Crippen molar-refractivity contribution in [3.63, 3.8) is 0 Å². The largest absolute Gasteiger partial charge is 0.454 e. The van der Waals surface area contributed by atoms with Crippen LogP contribution in [-0.2, 0) is 11.3 Å². The van der Waals surface area contributed by atoms with Crippen LogP contribution < -0.4 is 15.8 Å². The lowest BCUT2D eigenvalue weighted by Crippen LogP contribution is -2.51. The number of carbonyl (C=O) groups excluding carboxylic acids is 1. The molecule has 1 fully saturated rings. The number of alkyl carbamates (subject to hydrolysis) is 1. The molecule has 0 aliphatic carbocycles. The number of ether oxygens (including phenoxy) is 2. The van der Waals surface area contributed by atoms with Gasteiger partial charge in [-0.1, -0.05) is 0 Å². The van der Waals surface area contributed by atoms with Gasteiger partial charge in [0.25, 0.3) is 0 Å². The Morgan fingerprint density at radius 2 is 2.07 bits per heavy atom. The number of pyridine rings is 1. The second-order valence-electron chi connectivity index (χ2n) is 8.22. The highest BCUT2D eigenvalue weighted by molar-refractivity contribution is 5.67. The molecule has 1 aromatic heterocycles. The van der Waals surface area contributed by atoms with Crippen molar-refractivity contribution in [2.75, 3.05) is 25.4 Å². The number of carbonyl (C=O) groups is 1. The van der Waals surface area contributed by atoms with E-state index in [0.29, 0.717) is 30.4 Å². The molecule has 8 heteroatoms. The Kier molecular flexibility index (Phi) is 6.22. The van der Waals surface area contributed by atoms with E-state index in [1.165, 1.54) is 12.1 Å². The third kappa shape index (κ3) is 6.05. The van der Waals surface area contributed by atoms with Crippen molar-refractivity contribution in [3.8, 4) is 11.5 Å². The maximum Gasteiger partial charge on any atom is 0.407 e. The molecule has 0 saturated carbocycles. The lowest BCUT2D eigenvalue weighted by molar-refractivity contribution is 0.0456. The SMILES string of the molecule is CC(C)(C)OC(=O)NCC1CN(Cc2cnccc2Oc2ccc(N)cc2F)C1. The number of likely N-dealkylation sites (tertiary alicyclic amines) is 1. The highest BCUT2D eigenvalue weighted by Crippen LogP contribution is 2.30. The van der Waals surface area contributed by atoms with Gasteiger partial charge in [-0.2, -0.15) is 0 Å². The minimum absolute atomic E-state index is 0.120. The van der Waals surface area contributed by atoms with Crippen LogP contribution in [0.1, 0.15) is 26.3 Å². The number of benzene rings is 1. The maximum absolute atomic E-state index is 14.0. The van der Waals surface area contributed by atoms with Gasteiger partial charge >= 0.3 is 6.09 Å². The molecule has 1 amide bonds. The number of rotatable bonds is 6. The minimum atomic E-state index is -0.509. The Bertz CT molecular complexity index is 863. The summed E-state index contributed by atoms with van der Waals surface area (Å²) >= 11 is 0. The first-order valence-corrected chi connectivity index (χ1v) is 9.54. The van der Waals surface area contributed by atoms with E-state index in [4.69, 9.17) is 15.2 Å². The Labute approximate surface area is 170 Å². The molecule has 0 bridgehead atoms. The van der Waals surface area contributed by atoms with Gasteiger partial charge in [0.2, 0.25) is 0 Å². The summed E-state index contributed by atoms with van der Waals surface area (Å²) in [6, 6.07) is 6.05. The van der Waals surface area contributed by atoms with Gasteiger partial charge in [0.1, 0.15) is 11.4 Å². The Morgan fingerprint density at radius 3 is 2.76 bits per heavy atom. The summed E-state index contributed by atoms with van der Waals surface area (Å²) in [6.07, 6.45) is 2.93. The number of halogens is 1. The first-order chi connectivity index (χ1) is 13.7. The Morgan fingerprint density at radius 1 is 1.31 bits per heavy atom. The highest BCUT2D eigenvalue weighted by Gasteiger charge is 2.28. The number of anilines is 1. The van der Waals surface area contributed by atoms with Gasteiger partial charge in [-0.05, 0) is 39.0 Å². The number of aromatic nitrogens is 1. The number of nitrogens with two attached hydrogens (primary N) is 1. The van der Waals surface area contributed by atoms with E-state index >= 15 is 0 Å². The van der Waals surface area contributed by atoms with Crippen LogP contribution >= 0.6 is 0 Å². The van der Waals surface area contributed by atoms with E-state index < -0.39 is 17.5 Å². The summed E-state index contributed by atoms with van der Waals surface area (Å²) in [7, 11) is 0. The van der Waals surface area contributed by atoms with Crippen LogP contribution in [0.4, 0.5) is 14.9 Å². The molecule has 1 aliphatic rings. The molecule has 0 spiro atoms. The van der Waals surface area contributed by atoms with Crippen molar-refractivity contribution in [1.82, 2.24) is 15.2 Å². The molecule has 2 heterocycles. The standard InChI is InChI=1S/C21H27FN4O3/c1-21(2,3)29-20(27)25-9-14-11-26(12-14)13-15-10-24-7-6-18(15)28-19-5-4-16(23)8-17(19)22/h4-8,10,14H,9,11-13,23H2,1-3H3,(H,25,27). The van der Waals surface area contributed by atoms with Gasteiger partial charge in [-0.25, -0.2) is 9.18 Å². The van der Waals surface area contributed by atoms with Gasteiger partial charge in [-0.3, -0.25) is 9.88 Å². The molecule has 2 aromatic rings. The molecule has 0 atom stereocenters. The average molecular weight is 402 g/mol. The summed E-state index contributed by atoms with van der Waals surface area (Å²) in [4.78, 5) is 18.1. The van der Waals surface area contributed by atoms with Crippen LogP contribution in [0, 0.1) is 11.7 Å². The fourth-order valence-corrected chi connectivity index (χ4v) is 3.07. The number of hydrogen-bond donors (Lipinski definition) is 2. The lowest BCUT2D eigenvalue weighted by Gasteiger charge is -2.39. The van der Waals surface area contributed by atoms with Crippen molar-refractivity contribution in [2.24, 2.45) is 5.92 Å². The summed E-state index contributed by atoms with van der Waals surface area (Å²) in [5.74, 6) is 0.525. The van der Waals surface area contributed by atoms with Crippen LogP contribution in [0.15, 0.2) is 36.7 Å². The highest BCUT2D eigenvalue weighted by atomic mass is 19.1.